The van der Waals surface area contributed by atoms with E-state index in [0.717, 1.165) is 11.1 Å². The molecule has 0 aromatic heterocycles. The maximum absolute atomic E-state index is 12.2. The molecule has 2 aromatic carbocycles. The minimum Gasteiger partial charge on any atom is -0.346 e. The smallest absolute Gasteiger partial charge is 0.251 e. The van der Waals surface area contributed by atoms with Crippen molar-refractivity contribution in [2.45, 2.75) is 18.8 Å². The van der Waals surface area contributed by atoms with Crippen molar-refractivity contribution in [1.82, 2.24) is 5.32 Å². The Kier molecular flexibility index (Phi) is 5.05. The lowest BCUT2D eigenvalue weighted by molar-refractivity contribution is 0.0940. The number of alkyl halides is 1. The van der Waals surface area contributed by atoms with Crippen LogP contribution >= 0.6 is 23.2 Å². The molecule has 2 aromatic rings. The lowest BCUT2D eigenvalue weighted by Crippen LogP contribution is -2.26. The molecule has 104 valence electrons. The van der Waals surface area contributed by atoms with Crippen molar-refractivity contribution >= 4 is 29.1 Å². The van der Waals surface area contributed by atoms with Gasteiger partial charge < -0.3 is 5.32 Å². The van der Waals surface area contributed by atoms with Crippen molar-refractivity contribution in [3.63, 3.8) is 0 Å². The quantitative estimate of drug-likeness (QED) is 0.824. The van der Waals surface area contributed by atoms with Crippen molar-refractivity contribution in [3.8, 4) is 0 Å². The SMILES string of the molecule is CC(NC(=O)c1cccc(CCl)c1)c1cccc(Cl)c1. The van der Waals surface area contributed by atoms with Gasteiger partial charge in [-0.15, -0.1) is 11.6 Å². The van der Waals surface area contributed by atoms with Gasteiger partial charge in [-0.2, -0.15) is 0 Å². The molecule has 0 saturated carbocycles. The van der Waals surface area contributed by atoms with Crippen LogP contribution in [-0.2, 0) is 5.88 Å². The number of carbonyl (C=O) groups is 1. The van der Waals surface area contributed by atoms with Crippen LogP contribution in [0.5, 0.6) is 0 Å². The van der Waals surface area contributed by atoms with E-state index in [0.29, 0.717) is 16.5 Å². The minimum absolute atomic E-state index is 0.110. The van der Waals surface area contributed by atoms with Gasteiger partial charge in [0, 0.05) is 16.5 Å². The van der Waals surface area contributed by atoms with Crippen molar-refractivity contribution < 1.29 is 4.79 Å². The summed E-state index contributed by atoms with van der Waals surface area (Å²) in [7, 11) is 0. The van der Waals surface area contributed by atoms with E-state index in [2.05, 4.69) is 5.32 Å². The highest BCUT2D eigenvalue weighted by Gasteiger charge is 2.11. The number of benzene rings is 2. The highest BCUT2D eigenvalue weighted by atomic mass is 35.5. The predicted octanol–water partition coefficient (Wildman–Crippen LogP) is 4.57. The minimum atomic E-state index is -0.121. The van der Waals surface area contributed by atoms with Crippen LogP contribution in [0.15, 0.2) is 48.5 Å². The molecule has 0 aliphatic heterocycles. The highest BCUT2D eigenvalue weighted by Crippen LogP contribution is 2.18. The van der Waals surface area contributed by atoms with Crippen molar-refractivity contribution in [3.05, 3.63) is 70.2 Å². The molecule has 0 fully saturated rings. The Hall–Kier alpha value is -1.51. The van der Waals surface area contributed by atoms with Crippen LogP contribution in [0.3, 0.4) is 0 Å². The average Bonchev–Trinajstić information content (AvgIpc) is 2.47. The summed E-state index contributed by atoms with van der Waals surface area (Å²) in [5.74, 6) is 0.273. The Morgan fingerprint density at radius 3 is 2.65 bits per heavy atom. The van der Waals surface area contributed by atoms with Gasteiger partial charge in [0.25, 0.3) is 5.91 Å². The van der Waals surface area contributed by atoms with Gasteiger partial charge in [-0.25, -0.2) is 0 Å². The summed E-state index contributed by atoms with van der Waals surface area (Å²) in [5.41, 5.74) is 2.51. The first-order valence-corrected chi connectivity index (χ1v) is 7.22. The summed E-state index contributed by atoms with van der Waals surface area (Å²) in [5, 5.41) is 3.61. The molecule has 0 heterocycles. The molecule has 0 radical (unpaired) electrons. The van der Waals surface area contributed by atoms with Crippen LogP contribution in [0, 0.1) is 0 Å². The first-order chi connectivity index (χ1) is 9.60. The summed E-state index contributed by atoms with van der Waals surface area (Å²) in [4.78, 5) is 12.2. The van der Waals surface area contributed by atoms with Crippen LogP contribution < -0.4 is 5.32 Å². The van der Waals surface area contributed by atoms with E-state index in [9.17, 15) is 4.79 Å². The molecule has 1 atom stereocenters. The fourth-order valence-electron chi connectivity index (χ4n) is 1.93. The number of amides is 1. The molecule has 2 rings (SSSR count). The third-order valence-electron chi connectivity index (χ3n) is 3.04. The molecule has 0 aliphatic carbocycles. The Bertz CT molecular complexity index is 613. The second-order valence-corrected chi connectivity index (χ2v) is 5.29. The highest BCUT2D eigenvalue weighted by molar-refractivity contribution is 6.30. The third-order valence-corrected chi connectivity index (χ3v) is 3.58. The van der Waals surface area contributed by atoms with Gasteiger partial charge in [-0.05, 0) is 42.3 Å². The van der Waals surface area contributed by atoms with E-state index in [1.54, 1.807) is 12.1 Å². The molecule has 1 unspecified atom stereocenters. The second-order valence-electron chi connectivity index (χ2n) is 4.58. The molecule has 2 nitrogen and oxygen atoms in total. The molecule has 0 saturated heterocycles. The normalized spacial score (nSPS) is 11.9. The van der Waals surface area contributed by atoms with E-state index in [4.69, 9.17) is 23.2 Å². The molecule has 4 heteroatoms. The number of nitrogens with one attached hydrogen (secondary N) is 1. The zero-order valence-electron chi connectivity index (χ0n) is 11.1. The van der Waals surface area contributed by atoms with E-state index in [1.165, 1.54) is 0 Å². The maximum atomic E-state index is 12.2. The Morgan fingerprint density at radius 2 is 1.95 bits per heavy atom. The number of hydrogen-bond donors (Lipinski definition) is 1. The summed E-state index contributed by atoms with van der Waals surface area (Å²) in [6.07, 6.45) is 0. The number of rotatable bonds is 4. The lowest BCUT2D eigenvalue weighted by atomic mass is 10.1. The second kappa shape index (κ2) is 6.78. The third kappa shape index (κ3) is 3.75. The van der Waals surface area contributed by atoms with Crippen LogP contribution in [-0.4, -0.2) is 5.91 Å². The van der Waals surface area contributed by atoms with Crippen molar-refractivity contribution in [2.75, 3.05) is 0 Å². The van der Waals surface area contributed by atoms with Gasteiger partial charge in [-0.3, -0.25) is 4.79 Å². The van der Waals surface area contributed by atoms with E-state index in [1.807, 2.05) is 43.3 Å². The van der Waals surface area contributed by atoms with Gasteiger partial charge in [0.15, 0.2) is 0 Å². The Labute approximate surface area is 128 Å². The van der Waals surface area contributed by atoms with Crippen molar-refractivity contribution in [2.24, 2.45) is 0 Å². The Morgan fingerprint density at radius 1 is 1.20 bits per heavy atom. The van der Waals surface area contributed by atoms with Crippen molar-refractivity contribution in [1.29, 1.82) is 0 Å². The fourth-order valence-corrected chi connectivity index (χ4v) is 2.30. The number of hydrogen-bond acceptors (Lipinski definition) is 1. The lowest BCUT2D eigenvalue weighted by Gasteiger charge is -2.15. The zero-order chi connectivity index (χ0) is 14.5. The standard InChI is InChI=1S/C16H15Cl2NO/c1-11(13-5-3-7-15(18)9-13)19-16(20)14-6-2-4-12(8-14)10-17/h2-9,11H,10H2,1H3,(H,19,20). The first-order valence-electron chi connectivity index (χ1n) is 6.31. The Balaban J connectivity index is 2.10. The largest absolute Gasteiger partial charge is 0.346 e. The monoisotopic (exact) mass is 307 g/mol. The maximum Gasteiger partial charge on any atom is 0.251 e. The molecule has 20 heavy (non-hydrogen) atoms. The average molecular weight is 308 g/mol. The number of carbonyl (C=O) groups excluding carboxylic acids is 1. The summed E-state index contributed by atoms with van der Waals surface area (Å²) in [6.45, 7) is 1.93. The molecule has 1 amide bonds. The number of halogens is 2. The van der Waals surface area contributed by atoms with Crippen LogP contribution in [0.2, 0.25) is 5.02 Å². The molecule has 0 spiro atoms. The van der Waals surface area contributed by atoms with Crippen LogP contribution in [0.1, 0.15) is 34.5 Å². The molecular weight excluding hydrogens is 293 g/mol. The topological polar surface area (TPSA) is 29.1 Å². The van der Waals surface area contributed by atoms with Gasteiger partial charge in [0.05, 0.1) is 6.04 Å². The molecule has 0 aliphatic rings. The van der Waals surface area contributed by atoms with Crippen LogP contribution in [0.4, 0.5) is 0 Å². The molecule has 1 N–H and O–H groups in total. The summed E-state index contributed by atoms with van der Waals surface area (Å²) >= 11 is 11.7. The summed E-state index contributed by atoms with van der Waals surface area (Å²) < 4.78 is 0. The first kappa shape index (κ1) is 14.9. The van der Waals surface area contributed by atoms with E-state index >= 15 is 0 Å². The van der Waals surface area contributed by atoms with Gasteiger partial charge >= 0.3 is 0 Å². The molecular formula is C16H15Cl2NO. The predicted molar refractivity (Wildman–Crippen MR) is 83.3 cm³/mol. The van der Waals surface area contributed by atoms with Gasteiger partial charge in [-0.1, -0.05) is 35.9 Å². The van der Waals surface area contributed by atoms with E-state index < -0.39 is 0 Å². The van der Waals surface area contributed by atoms with Gasteiger partial charge in [0.2, 0.25) is 0 Å². The summed E-state index contributed by atoms with van der Waals surface area (Å²) in [6, 6.07) is 14.6. The fraction of sp³-hybridized carbons (Fsp3) is 0.188. The van der Waals surface area contributed by atoms with E-state index in [-0.39, 0.29) is 11.9 Å². The van der Waals surface area contributed by atoms with Gasteiger partial charge in [0.1, 0.15) is 0 Å². The molecule has 0 bridgehead atoms. The zero-order valence-corrected chi connectivity index (χ0v) is 12.6. The van der Waals surface area contributed by atoms with Crippen LogP contribution in [0.25, 0.3) is 0 Å².